The Morgan fingerprint density at radius 3 is 2.80 bits per heavy atom. The van der Waals surface area contributed by atoms with Gasteiger partial charge in [0.2, 0.25) is 11.8 Å². The van der Waals surface area contributed by atoms with Crippen LogP contribution in [-0.4, -0.2) is 40.7 Å². The first-order valence-corrected chi connectivity index (χ1v) is 11.0. The number of hydrogen-bond donors (Lipinski definition) is 0. The van der Waals surface area contributed by atoms with Crippen molar-refractivity contribution in [2.45, 2.75) is 39.2 Å². The molecule has 4 rings (SSSR count). The first-order chi connectivity index (χ1) is 14.7. The molecule has 7 nitrogen and oxygen atoms in total. The van der Waals surface area contributed by atoms with Crippen LogP contribution in [0.2, 0.25) is 0 Å². The van der Waals surface area contributed by atoms with Crippen LogP contribution in [0.15, 0.2) is 40.2 Å². The van der Waals surface area contributed by atoms with Crippen molar-refractivity contribution >= 4 is 17.2 Å². The minimum Gasteiger partial charge on any atom is -0.490 e. The summed E-state index contributed by atoms with van der Waals surface area (Å²) >= 11 is 1.66. The topological polar surface area (TPSA) is 77.7 Å². The van der Waals surface area contributed by atoms with Crippen LogP contribution in [0.25, 0.3) is 0 Å². The van der Waals surface area contributed by atoms with Crippen molar-refractivity contribution in [3.05, 3.63) is 57.9 Å². The van der Waals surface area contributed by atoms with Crippen LogP contribution in [0.3, 0.4) is 0 Å². The van der Waals surface area contributed by atoms with E-state index < -0.39 is 0 Å². The molecule has 0 radical (unpaired) electrons. The van der Waals surface area contributed by atoms with Crippen molar-refractivity contribution in [3.8, 4) is 11.5 Å². The predicted molar refractivity (Wildman–Crippen MR) is 113 cm³/mol. The highest BCUT2D eigenvalue weighted by molar-refractivity contribution is 7.09. The summed E-state index contributed by atoms with van der Waals surface area (Å²) in [5.41, 5.74) is 1.00. The van der Waals surface area contributed by atoms with E-state index in [2.05, 4.69) is 10.1 Å². The van der Waals surface area contributed by atoms with Gasteiger partial charge in [-0.05, 0) is 43.0 Å². The molecule has 1 aliphatic heterocycles. The van der Waals surface area contributed by atoms with Crippen LogP contribution < -0.4 is 9.47 Å². The maximum Gasteiger partial charge on any atom is 0.231 e. The molecule has 0 spiro atoms. The van der Waals surface area contributed by atoms with E-state index >= 15 is 0 Å². The van der Waals surface area contributed by atoms with Crippen LogP contribution >= 0.6 is 11.3 Å². The third kappa shape index (κ3) is 4.64. The number of nitrogens with zero attached hydrogens (tertiary/aromatic N) is 3. The van der Waals surface area contributed by atoms with Gasteiger partial charge < -0.3 is 18.9 Å². The summed E-state index contributed by atoms with van der Waals surface area (Å²) in [5, 5.41) is 6.15. The van der Waals surface area contributed by atoms with Crippen molar-refractivity contribution in [2.75, 3.05) is 19.8 Å². The summed E-state index contributed by atoms with van der Waals surface area (Å²) in [7, 11) is 0. The Labute approximate surface area is 179 Å². The number of likely N-dealkylation sites (tertiary alicyclic amines) is 1. The smallest absolute Gasteiger partial charge is 0.231 e. The Hall–Kier alpha value is -2.87. The van der Waals surface area contributed by atoms with Gasteiger partial charge >= 0.3 is 0 Å². The van der Waals surface area contributed by atoms with Crippen molar-refractivity contribution < 1.29 is 18.8 Å². The Bertz CT molecular complexity index is 986. The van der Waals surface area contributed by atoms with Crippen molar-refractivity contribution in [3.63, 3.8) is 0 Å². The number of carbonyl (C=O) groups excluding carboxylic acids is 1. The molecule has 3 aromatic rings. The number of aromatic nitrogens is 2. The summed E-state index contributed by atoms with van der Waals surface area (Å²) in [4.78, 5) is 20.1. The zero-order chi connectivity index (χ0) is 20.9. The molecule has 30 heavy (non-hydrogen) atoms. The maximum absolute atomic E-state index is 12.6. The molecule has 1 amide bonds. The van der Waals surface area contributed by atoms with Gasteiger partial charge in [0.05, 0.1) is 19.6 Å². The number of benzene rings is 1. The Balaban J connectivity index is 1.41. The molecule has 1 atom stereocenters. The summed E-state index contributed by atoms with van der Waals surface area (Å²) in [6, 6.07) is 9.87. The van der Waals surface area contributed by atoms with Crippen LogP contribution in [0.4, 0.5) is 0 Å². The molecule has 1 fully saturated rings. The molecule has 1 aromatic carbocycles. The third-order valence-electron chi connectivity index (χ3n) is 4.95. The molecular formula is C22H25N3O4S. The molecule has 1 aliphatic rings. The van der Waals surface area contributed by atoms with Gasteiger partial charge in [0.25, 0.3) is 0 Å². The van der Waals surface area contributed by atoms with Gasteiger partial charge in [-0.2, -0.15) is 4.98 Å². The Morgan fingerprint density at radius 1 is 1.20 bits per heavy atom. The zero-order valence-corrected chi connectivity index (χ0v) is 18.0. The fourth-order valence-electron chi connectivity index (χ4n) is 3.58. The zero-order valence-electron chi connectivity index (χ0n) is 17.2. The quantitative estimate of drug-likeness (QED) is 0.513. The van der Waals surface area contributed by atoms with Crippen LogP contribution in [-0.2, 0) is 17.8 Å². The molecule has 8 heteroatoms. The lowest BCUT2D eigenvalue weighted by atomic mass is 10.1. The lowest BCUT2D eigenvalue weighted by Crippen LogP contribution is -2.24. The number of thiophene rings is 1. The standard InChI is InChI=1S/C22H25N3O4S/c1-3-27-18-8-7-15(10-19(18)28-4-2)13-25-14-16(11-21(25)26)22-23-20(29-24-22)12-17-6-5-9-30-17/h5-10,16H,3-4,11-14H2,1-2H3. The molecular weight excluding hydrogens is 402 g/mol. The molecule has 1 unspecified atom stereocenters. The van der Waals surface area contributed by atoms with Gasteiger partial charge in [0.15, 0.2) is 17.3 Å². The SMILES string of the molecule is CCOc1ccc(CN2CC(c3noc(Cc4cccs4)n3)CC2=O)cc1OCC. The molecule has 0 bridgehead atoms. The molecule has 2 aromatic heterocycles. The minimum absolute atomic E-state index is 0.0487. The van der Waals surface area contributed by atoms with E-state index in [1.54, 1.807) is 11.3 Å². The van der Waals surface area contributed by atoms with E-state index in [4.69, 9.17) is 14.0 Å². The summed E-state index contributed by atoms with van der Waals surface area (Å²) in [5.74, 6) is 2.67. The average molecular weight is 428 g/mol. The number of rotatable bonds is 9. The van der Waals surface area contributed by atoms with Gasteiger partial charge in [-0.15, -0.1) is 11.3 Å². The minimum atomic E-state index is -0.0487. The molecule has 0 aliphatic carbocycles. The summed E-state index contributed by atoms with van der Waals surface area (Å²) in [6.07, 6.45) is 1.02. The lowest BCUT2D eigenvalue weighted by Gasteiger charge is -2.18. The number of amides is 1. The molecule has 1 saturated heterocycles. The van der Waals surface area contributed by atoms with E-state index in [1.165, 1.54) is 4.88 Å². The highest BCUT2D eigenvalue weighted by Crippen LogP contribution is 2.31. The van der Waals surface area contributed by atoms with Crippen LogP contribution in [0, 0.1) is 0 Å². The normalized spacial score (nSPS) is 16.3. The third-order valence-corrected chi connectivity index (χ3v) is 5.83. The second-order valence-corrected chi connectivity index (χ2v) is 8.16. The van der Waals surface area contributed by atoms with Gasteiger partial charge in [0, 0.05) is 30.3 Å². The molecule has 3 heterocycles. The maximum atomic E-state index is 12.6. The average Bonchev–Trinajstić information content (AvgIpc) is 3.47. The Morgan fingerprint density at radius 2 is 2.03 bits per heavy atom. The van der Waals surface area contributed by atoms with Gasteiger partial charge in [-0.3, -0.25) is 4.79 Å². The van der Waals surface area contributed by atoms with Gasteiger partial charge in [-0.25, -0.2) is 0 Å². The number of hydrogen-bond acceptors (Lipinski definition) is 7. The largest absolute Gasteiger partial charge is 0.490 e. The molecule has 0 saturated carbocycles. The van der Waals surface area contributed by atoms with E-state index in [1.807, 2.05) is 54.5 Å². The van der Waals surface area contributed by atoms with Crippen molar-refractivity contribution in [1.82, 2.24) is 15.0 Å². The van der Waals surface area contributed by atoms with E-state index in [-0.39, 0.29) is 11.8 Å². The van der Waals surface area contributed by atoms with Crippen LogP contribution in [0.1, 0.15) is 48.3 Å². The fourth-order valence-corrected chi connectivity index (χ4v) is 4.28. The van der Waals surface area contributed by atoms with Crippen LogP contribution in [0.5, 0.6) is 11.5 Å². The molecule has 0 N–H and O–H groups in total. The van der Waals surface area contributed by atoms with Crippen molar-refractivity contribution in [1.29, 1.82) is 0 Å². The van der Waals surface area contributed by atoms with Crippen molar-refractivity contribution in [2.24, 2.45) is 0 Å². The van der Waals surface area contributed by atoms with Gasteiger partial charge in [0.1, 0.15) is 0 Å². The number of ether oxygens (including phenoxy) is 2. The van der Waals surface area contributed by atoms with Gasteiger partial charge in [-0.1, -0.05) is 17.3 Å². The summed E-state index contributed by atoms with van der Waals surface area (Å²) < 4.78 is 16.7. The monoisotopic (exact) mass is 427 g/mol. The lowest BCUT2D eigenvalue weighted by molar-refractivity contribution is -0.128. The Kier molecular flexibility index (Phi) is 6.32. The molecule has 158 valence electrons. The first kappa shape index (κ1) is 20.4. The predicted octanol–water partition coefficient (Wildman–Crippen LogP) is 4.04. The number of carbonyl (C=O) groups is 1. The van der Waals surface area contributed by atoms with E-state index in [0.29, 0.717) is 56.6 Å². The van der Waals surface area contributed by atoms with E-state index in [9.17, 15) is 4.79 Å². The highest BCUT2D eigenvalue weighted by atomic mass is 32.1. The van der Waals surface area contributed by atoms with E-state index in [0.717, 1.165) is 11.3 Å². The second kappa shape index (κ2) is 9.30. The highest BCUT2D eigenvalue weighted by Gasteiger charge is 2.33. The first-order valence-electron chi connectivity index (χ1n) is 10.2. The summed E-state index contributed by atoms with van der Waals surface area (Å²) in [6.45, 7) is 6.10. The second-order valence-electron chi connectivity index (χ2n) is 7.12. The fraction of sp³-hybridized carbons (Fsp3) is 0.409.